The summed E-state index contributed by atoms with van der Waals surface area (Å²) in [6.45, 7) is 2.38. The highest BCUT2D eigenvalue weighted by atomic mass is 32.2. The lowest BCUT2D eigenvalue weighted by Crippen LogP contribution is -2.30. The number of sulfonamides is 1. The molecular formula is C15H21N3O4S. The van der Waals surface area contributed by atoms with E-state index in [0.29, 0.717) is 17.9 Å². The fraction of sp³-hybridized carbons (Fsp3) is 0.400. The first kappa shape index (κ1) is 17.5. The van der Waals surface area contributed by atoms with E-state index in [-0.39, 0.29) is 17.3 Å². The van der Waals surface area contributed by atoms with Crippen LogP contribution in [-0.2, 0) is 21.8 Å². The lowest BCUT2D eigenvalue weighted by atomic mass is 10.1. The molecule has 0 spiro atoms. The molecule has 0 aliphatic rings. The van der Waals surface area contributed by atoms with Crippen molar-refractivity contribution in [3.63, 3.8) is 0 Å². The lowest BCUT2D eigenvalue weighted by Gasteiger charge is -2.16. The number of benzene rings is 1. The minimum Gasteiger partial charge on any atom is -0.493 e. The zero-order chi connectivity index (χ0) is 17.2. The van der Waals surface area contributed by atoms with Crippen LogP contribution in [0.15, 0.2) is 29.2 Å². The van der Waals surface area contributed by atoms with Crippen LogP contribution in [-0.4, -0.2) is 54.9 Å². The van der Waals surface area contributed by atoms with E-state index in [1.54, 1.807) is 38.2 Å². The Kier molecular flexibility index (Phi) is 5.08. The minimum atomic E-state index is -3.54. The highest BCUT2D eigenvalue weighted by molar-refractivity contribution is 7.89. The van der Waals surface area contributed by atoms with Gasteiger partial charge in [0, 0.05) is 38.9 Å². The van der Waals surface area contributed by atoms with Gasteiger partial charge in [-0.25, -0.2) is 13.1 Å². The van der Waals surface area contributed by atoms with Gasteiger partial charge in [0.25, 0.3) is 0 Å². The second-order valence-corrected chi connectivity index (χ2v) is 7.31. The second kappa shape index (κ2) is 6.69. The fourth-order valence-corrected chi connectivity index (χ4v) is 3.35. The summed E-state index contributed by atoms with van der Waals surface area (Å²) < 4.78 is 32.4. The number of rotatable bonds is 6. The van der Waals surface area contributed by atoms with Crippen LogP contribution in [0.5, 0.6) is 5.88 Å². The molecule has 0 fully saturated rings. The van der Waals surface area contributed by atoms with Gasteiger partial charge in [-0.2, -0.15) is 9.40 Å². The average molecular weight is 339 g/mol. The number of likely N-dealkylation sites (N-methyl/N-ethyl adjacent to an activating group) is 1. The van der Waals surface area contributed by atoms with Crippen molar-refractivity contribution < 1.29 is 18.3 Å². The fourth-order valence-electron chi connectivity index (χ4n) is 2.20. The molecular weight excluding hydrogens is 318 g/mol. The molecule has 1 heterocycles. The average Bonchev–Trinajstić information content (AvgIpc) is 2.80. The van der Waals surface area contributed by atoms with E-state index in [2.05, 4.69) is 5.10 Å². The number of hydrogen-bond acceptors (Lipinski definition) is 5. The number of aryl methyl sites for hydroxylation is 1. The van der Waals surface area contributed by atoms with Crippen LogP contribution < -0.4 is 0 Å². The van der Waals surface area contributed by atoms with E-state index in [1.807, 2.05) is 0 Å². The van der Waals surface area contributed by atoms with Crippen LogP contribution in [0.1, 0.15) is 5.56 Å². The third-order valence-electron chi connectivity index (χ3n) is 3.69. The Bertz CT molecular complexity index is 782. The van der Waals surface area contributed by atoms with E-state index in [9.17, 15) is 13.5 Å². The summed E-state index contributed by atoms with van der Waals surface area (Å²) in [5, 5.41) is 14.1. The first-order valence-corrected chi connectivity index (χ1v) is 8.51. The summed E-state index contributed by atoms with van der Waals surface area (Å²) >= 11 is 0. The van der Waals surface area contributed by atoms with Crippen LogP contribution in [0.25, 0.3) is 11.3 Å². The maximum Gasteiger partial charge on any atom is 0.242 e. The Morgan fingerprint density at radius 1 is 1.30 bits per heavy atom. The van der Waals surface area contributed by atoms with Crippen LogP contribution >= 0.6 is 0 Å². The molecule has 2 rings (SSSR count). The molecule has 1 N–H and O–H groups in total. The molecule has 7 nitrogen and oxygen atoms in total. The van der Waals surface area contributed by atoms with Gasteiger partial charge >= 0.3 is 0 Å². The summed E-state index contributed by atoms with van der Waals surface area (Å²) in [5.41, 5.74) is 2.03. The van der Waals surface area contributed by atoms with Crippen molar-refractivity contribution in [2.45, 2.75) is 11.8 Å². The molecule has 0 atom stereocenters. The number of ether oxygens (including phenoxy) is 1. The first-order chi connectivity index (χ1) is 10.8. The molecule has 126 valence electrons. The maximum absolute atomic E-state index is 12.4. The smallest absolute Gasteiger partial charge is 0.242 e. The topological polar surface area (TPSA) is 84.7 Å². The van der Waals surface area contributed by atoms with E-state index in [1.165, 1.54) is 23.1 Å². The second-order valence-electron chi connectivity index (χ2n) is 5.26. The van der Waals surface area contributed by atoms with E-state index < -0.39 is 10.0 Å². The minimum absolute atomic E-state index is 0.0935. The largest absolute Gasteiger partial charge is 0.493 e. The van der Waals surface area contributed by atoms with E-state index in [4.69, 9.17) is 4.74 Å². The van der Waals surface area contributed by atoms with Crippen molar-refractivity contribution in [3.05, 3.63) is 29.8 Å². The molecule has 1 aromatic carbocycles. The van der Waals surface area contributed by atoms with E-state index in [0.717, 1.165) is 5.56 Å². The van der Waals surface area contributed by atoms with Crippen LogP contribution in [0.4, 0.5) is 0 Å². The molecule has 2 aromatic rings. The first-order valence-electron chi connectivity index (χ1n) is 7.07. The van der Waals surface area contributed by atoms with Crippen molar-refractivity contribution in [2.75, 3.05) is 27.3 Å². The maximum atomic E-state index is 12.4. The summed E-state index contributed by atoms with van der Waals surface area (Å²) in [6, 6.07) is 6.45. The van der Waals surface area contributed by atoms with Gasteiger partial charge in [-0.1, -0.05) is 12.1 Å². The molecule has 0 saturated heterocycles. The summed E-state index contributed by atoms with van der Waals surface area (Å²) in [7, 11) is 1.15. The monoisotopic (exact) mass is 339 g/mol. The number of aromatic nitrogens is 2. The summed E-state index contributed by atoms with van der Waals surface area (Å²) in [5.74, 6) is 0.0935. The zero-order valence-electron chi connectivity index (χ0n) is 13.6. The van der Waals surface area contributed by atoms with Crippen molar-refractivity contribution in [1.82, 2.24) is 14.1 Å². The third kappa shape index (κ3) is 3.39. The van der Waals surface area contributed by atoms with Gasteiger partial charge in [-0.3, -0.25) is 0 Å². The van der Waals surface area contributed by atoms with Gasteiger partial charge in [0.05, 0.1) is 17.2 Å². The quantitative estimate of drug-likeness (QED) is 0.859. The van der Waals surface area contributed by atoms with Crippen molar-refractivity contribution >= 4 is 10.0 Å². The molecule has 0 aliphatic carbocycles. The SMILES string of the molecule is COCCN(C)S(=O)(=O)c1ccc(-c2nn(C)c(O)c2C)cc1. The number of nitrogens with zero attached hydrogens (tertiary/aromatic N) is 3. The van der Waals surface area contributed by atoms with Gasteiger partial charge in [0.1, 0.15) is 0 Å². The molecule has 1 aromatic heterocycles. The number of hydrogen-bond donors (Lipinski definition) is 1. The molecule has 0 unspecified atom stereocenters. The Hall–Kier alpha value is -1.90. The number of aromatic hydroxyl groups is 1. The summed E-state index contributed by atoms with van der Waals surface area (Å²) in [6.07, 6.45) is 0. The zero-order valence-corrected chi connectivity index (χ0v) is 14.5. The van der Waals surface area contributed by atoms with Crippen LogP contribution in [0.2, 0.25) is 0 Å². The molecule has 0 aliphatic heterocycles. The van der Waals surface area contributed by atoms with Gasteiger partial charge in [0.2, 0.25) is 15.9 Å². The molecule has 0 bridgehead atoms. The highest BCUT2D eigenvalue weighted by Gasteiger charge is 2.21. The van der Waals surface area contributed by atoms with Crippen molar-refractivity contribution in [2.24, 2.45) is 7.05 Å². The van der Waals surface area contributed by atoms with Crippen molar-refractivity contribution in [3.8, 4) is 17.1 Å². The standard InChI is InChI=1S/C15H21N3O4S/c1-11-14(16-18(3)15(11)19)12-5-7-13(8-6-12)23(20,21)17(2)9-10-22-4/h5-8,19H,9-10H2,1-4H3. The number of methoxy groups -OCH3 is 1. The molecule has 23 heavy (non-hydrogen) atoms. The molecule has 0 saturated carbocycles. The highest BCUT2D eigenvalue weighted by Crippen LogP contribution is 2.29. The van der Waals surface area contributed by atoms with Gasteiger partial charge < -0.3 is 9.84 Å². The lowest BCUT2D eigenvalue weighted by molar-refractivity contribution is 0.185. The van der Waals surface area contributed by atoms with Crippen LogP contribution in [0.3, 0.4) is 0 Å². The van der Waals surface area contributed by atoms with Crippen LogP contribution in [0, 0.1) is 6.92 Å². The summed E-state index contributed by atoms with van der Waals surface area (Å²) in [4.78, 5) is 0.206. The van der Waals surface area contributed by atoms with Gasteiger partial charge in [-0.05, 0) is 19.1 Å². The Balaban J connectivity index is 2.30. The van der Waals surface area contributed by atoms with E-state index >= 15 is 0 Å². The Morgan fingerprint density at radius 2 is 1.91 bits per heavy atom. The predicted molar refractivity (Wildman–Crippen MR) is 86.7 cm³/mol. The van der Waals surface area contributed by atoms with Gasteiger partial charge in [-0.15, -0.1) is 0 Å². The van der Waals surface area contributed by atoms with Crippen molar-refractivity contribution in [1.29, 1.82) is 0 Å². The molecule has 0 radical (unpaired) electrons. The molecule has 0 amide bonds. The normalized spacial score (nSPS) is 12.0. The molecule has 8 heteroatoms. The predicted octanol–water partition coefficient (Wildman–Crippen LogP) is 1.37. The van der Waals surface area contributed by atoms with Gasteiger partial charge in [0.15, 0.2) is 0 Å². The third-order valence-corrected chi connectivity index (χ3v) is 5.56. The Labute approximate surface area is 136 Å². The Morgan fingerprint density at radius 3 is 2.39 bits per heavy atom.